The number of aliphatic carboxylic acids is 1. The third-order valence-corrected chi connectivity index (χ3v) is 10.1. The van der Waals surface area contributed by atoms with Crippen molar-refractivity contribution in [1.29, 1.82) is 0 Å². The Hall–Kier alpha value is -3.80. The molecule has 3 aliphatic heterocycles. The number of fused-ring (bicyclic) bond motifs is 1. The van der Waals surface area contributed by atoms with Crippen molar-refractivity contribution in [2.75, 3.05) is 45.9 Å². The van der Waals surface area contributed by atoms with Gasteiger partial charge in [0, 0.05) is 75.2 Å². The highest BCUT2D eigenvalue weighted by atomic mass is 16.6. The number of ether oxygens (including phenoxy) is 3. The molecule has 0 saturated carbocycles. The summed E-state index contributed by atoms with van der Waals surface area (Å²) in [5, 5.41) is 50.3. The molecule has 51 heavy (non-hydrogen) atoms. The number of carboxylic acids is 1. The summed E-state index contributed by atoms with van der Waals surface area (Å²) in [5.41, 5.74) is -1.23. The minimum Gasteiger partial charge on any atom is -0.479 e. The van der Waals surface area contributed by atoms with Crippen molar-refractivity contribution in [3.8, 4) is 0 Å². The molecule has 7 N–H and O–H groups in total. The maximum absolute atomic E-state index is 13.0. The van der Waals surface area contributed by atoms with Crippen LogP contribution in [-0.4, -0.2) is 152 Å². The number of aliphatic hydroxyl groups is 3. The largest absolute Gasteiger partial charge is 0.479 e. The highest BCUT2D eigenvalue weighted by Crippen LogP contribution is 2.38. The minimum atomic E-state index is -2.02. The molecule has 2 aromatic rings. The first-order valence-corrected chi connectivity index (χ1v) is 17.3. The Balaban J connectivity index is 1.30. The third-order valence-electron chi connectivity index (χ3n) is 10.1. The SMILES string of the molecule is CC(=O)N[C@H]1[C@H]([C@H](O)[C@H](O)CNC(=O)c2cc(C)c3[nH]ccc3c2)O[C@@](CCN2CCOC[C@@]23CCN(C(=O)OC(C)(C)C)C3)(C(=O)O)C[C@@H]1O. The van der Waals surface area contributed by atoms with Gasteiger partial charge >= 0.3 is 12.1 Å². The number of hydrogen-bond donors (Lipinski definition) is 7. The average Bonchev–Trinajstić information content (AvgIpc) is 3.71. The van der Waals surface area contributed by atoms with Crippen LogP contribution in [0.4, 0.5) is 4.79 Å². The second kappa shape index (κ2) is 15.0. The molecule has 1 spiro atoms. The van der Waals surface area contributed by atoms with E-state index in [0.29, 0.717) is 44.8 Å². The Morgan fingerprint density at radius 1 is 1.18 bits per heavy atom. The van der Waals surface area contributed by atoms with E-state index >= 15 is 0 Å². The van der Waals surface area contributed by atoms with Crippen molar-refractivity contribution >= 4 is 34.8 Å². The molecule has 0 radical (unpaired) electrons. The summed E-state index contributed by atoms with van der Waals surface area (Å²) in [4.78, 5) is 57.8. The smallest absolute Gasteiger partial charge is 0.410 e. The van der Waals surface area contributed by atoms with Gasteiger partial charge in [-0.05, 0) is 57.9 Å². The standard InChI is InChI=1S/C35H51N5O11/c1-20-14-23(15-22-6-9-36-26(20)22)30(45)37-17-25(43)28(44)29-27(38-21(2)41)24(42)16-35(50-29,31(46)47)8-11-40-12-13-49-19-34(40)7-10-39(18-34)32(48)51-33(3,4)5/h6,9,14-15,24-25,27-29,36,42-44H,7-8,10-13,16-19H2,1-5H3,(H,37,45)(H,38,41)(H,46,47)/t24-,25+,27+,28+,29+,34-,35+/m0/s1. The summed E-state index contributed by atoms with van der Waals surface area (Å²) in [6.07, 6.45) is -5.18. The van der Waals surface area contributed by atoms with Gasteiger partial charge in [-0.1, -0.05) is 0 Å². The number of amides is 3. The molecule has 16 heteroatoms. The van der Waals surface area contributed by atoms with Crippen molar-refractivity contribution in [1.82, 2.24) is 25.4 Å². The second-order valence-electron chi connectivity index (χ2n) is 15.0. The fraction of sp³-hybridized carbons (Fsp3) is 0.657. The molecular weight excluding hydrogens is 666 g/mol. The van der Waals surface area contributed by atoms with E-state index in [2.05, 4.69) is 20.5 Å². The normalized spacial score (nSPS) is 28.4. The average molecular weight is 718 g/mol. The van der Waals surface area contributed by atoms with Crippen LogP contribution in [-0.2, 0) is 23.8 Å². The molecule has 3 fully saturated rings. The molecule has 4 heterocycles. The maximum atomic E-state index is 13.0. The van der Waals surface area contributed by atoms with E-state index in [-0.39, 0.29) is 13.0 Å². The molecule has 0 unspecified atom stereocenters. The van der Waals surface area contributed by atoms with Crippen LogP contribution >= 0.6 is 0 Å². The van der Waals surface area contributed by atoms with Crippen LogP contribution in [0.25, 0.3) is 10.9 Å². The van der Waals surface area contributed by atoms with Crippen molar-refractivity contribution in [2.24, 2.45) is 0 Å². The predicted molar refractivity (Wildman–Crippen MR) is 183 cm³/mol. The van der Waals surface area contributed by atoms with Gasteiger partial charge in [0.1, 0.15) is 17.8 Å². The van der Waals surface area contributed by atoms with Gasteiger partial charge in [0.25, 0.3) is 5.91 Å². The molecule has 3 amide bonds. The molecular formula is C35H51N5O11. The van der Waals surface area contributed by atoms with Gasteiger partial charge in [-0.2, -0.15) is 0 Å². The van der Waals surface area contributed by atoms with Crippen LogP contribution < -0.4 is 10.6 Å². The van der Waals surface area contributed by atoms with Crippen molar-refractivity contribution < 1.29 is 53.8 Å². The fourth-order valence-electron chi connectivity index (χ4n) is 7.44. The first-order chi connectivity index (χ1) is 23.9. The van der Waals surface area contributed by atoms with Crippen molar-refractivity contribution in [3.63, 3.8) is 0 Å². The number of carbonyl (C=O) groups is 4. The monoisotopic (exact) mass is 717 g/mol. The van der Waals surface area contributed by atoms with Crippen LogP contribution in [0.2, 0.25) is 0 Å². The highest BCUT2D eigenvalue weighted by molar-refractivity contribution is 5.99. The number of aliphatic hydroxyl groups excluding tert-OH is 3. The van der Waals surface area contributed by atoms with Crippen LogP contribution in [0.5, 0.6) is 0 Å². The second-order valence-corrected chi connectivity index (χ2v) is 15.0. The third kappa shape index (κ3) is 8.47. The molecule has 1 aromatic carbocycles. The molecule has 1 aromatic heterocycles. The quantitative estimate of drug-likeness (QED) is 0.179. The summed E-state index contributed by atoms with van der Waals surface area (Å²) in [6.45, 7) is 10.1. The fourth-order valence-corrected chi connectivity index (χ4v) is 7.44. The van der Waals surface area contributed by atoms with Gasteiger partial charge in [-0.3, -0.25) is 14.5 Å². The molecule has 282 valence electrons. The van der Waals surface area contributed by atoms with Gasteiger partial charge in [0.2, 0.25) is 5.91 Å². The van der Waals surface area contributed by atoms with E-state index in [1.165, 1.54) is 6.92 Å². The number of aryl methyl sites for hydroxylation is 1. The van der Waals surface area contributed by atoms with Gasteiger partial charge in [0.05, 0.1) is 37.0 Å². The minimum absolute atomic E-state index is 0.128. The zero-order chi connectivity index (χ0) is 37.3. The van der Waals surface area contributed by atoms with Crippen LogP contribution in [0.15, 0.2) is 24.4 Å². The number of nitrogens with one attached hydrogen (secondary N) is 3. The number of rotatable bonds is 10. The lowest BCUT2D eigenvalue weighted by Crippen LogP contribution is -2.68. The lowest BCUT2D eigenvalue weighted by atomic mass is 9.81. The van der Waals surface area contributed by atoms with Gasteiger partial charge in [0.15, 0.2) is 5.60 Å². The van der Waals surface area contributed by atoms with Gasteiger partial charge < -0.3 is 55.2 Å². The molecule has 7 atom stereocenters. The van der Waals surface area contributed by atoms with E-state index in [9.17, 15) is 39.6 Å². The Bertz CT molecular complexity index is 1610. The summed E-state index contributed by atoms with van der Waals surface area (Å²) >= 11 is 0. The molecule has 5 rings (SSSR count). The summed E-state index contributed by atoms with van der Waals surface area (Å²) in [6, 6.07) is 3.93. The maximum Gasteiger partial charge on any atom is 0.410 e. The number of carbonyl (C=O) groups excluding carboxylic acids is 3. The topological polar surface area (TPSA) is 223 Å². The van der Waals surface area contributed by atoms with E-state index in [1.54, 1.807) is 44.0 Å². The molecule has 16 nitrogen and oxygen atoms in total. The highest BCUT2D eigenvalue weighted by Gasteiger charge is 2.55. The zero-order valence-corrected chi connectivity index (χ0v) is 29.8. The van der Waals surface area contributed by atoms with Gasteiger partial charge in [-0.25, -0.2) is 9.59 Å². The number of morpholine rings is 1. The first-order valence-electron chi connectivity index (χ1n) is 17.3. The summed E-state index contributed by atoms with van der Waals surface area (Å²) < 4.78 is 17.6. The Morgan fingerprint density at radius 2 is 1.92 bits per heavy atom. The molecule has 3 aliphatic rings. The molecule has 0 aliphatic carbocycles. The number of likely N-dealkylation sites (tertiary alicyclic amines) is 1. The van der Waals surface area contributed by atoms with E-state index in [0.717, 1.165) is 16.5 Å². The summed E-state index contributed by atoms with van der Waals surface area (Å²) in [5.74, 6) is -2.46. The number of hydrogen-bond acceptors (Lipinski definition) is 11. The molecule has 0 bridgehead atoms. The Kier molecular flexibility index (Phi) is 11.3. The van der Waals surface area contributed by atoms with Crippen LogP contribution in [0, 0.1) is 6.92 Å². The Labute approximate surface area is 296 Å². The number of aromatic nitrogens is 1. The van der Waals surface area contributed by atoms with E-state index in [4.69, 9.17) is 14.2 Å². The summed E-state index contributed by atoms with van der Waals surface area (Å²) in [7, 11) is 0. The van der Waals surface area contributed by atoms with Crippen molar-refractivity contribution in [2.45, 2.75) is 101 Å². The van der Waals surface area contributed by atoms with Crippen molar-refractivity contribution in [3.05, 3.63) is 35.5 Å². The van der Waals surface area contributed by atoms with E-state index < -0.39 is 84.0 Å². The lowest BCUT2D eigenvalue weighted by molar-refractivity contribution is -0.231. The first kappa shape index (κ1) is 38.4. The predicted octanol–water partition coefficient (Wildman–Crippen LogP) is 0.508. The molecule has 3 saturated heterocycles. The Morgan fingerprint density at radius 3 is 2.61 bits per heavy atom. The van der Waals surface area contributed by atoms with E-state index in [1.807, 2.05) is 13.0 Å². The number of carboxylic acid groups (broad SMARTS) is 1. The lowest BCUT2D eigenvalue weighted by Gasteiger charge is -2.49. The number of nitrogens with zero attached hydrogens (tertiary/aromatic N) is 2. The number of benzene rings is 1. The van der Waals surface area contributed by atoms with Gasteiger partial charge in [-0.15, -0.1) is 0 Å². The zero-order valence-electron chi connectivity index (χ0n) is 29.8. The number of aromatic amines is 1. The van der Waals surface area contributed by atoms with Crippen LogP contribution in [0.1, 0.15) is 62.9 Å². The number of H-pyrrole nitrogens is 1. The van der Waals surface area contributed by atoms with Crippen LogP contribution in [0.3, 0.4) is 0 Å².